The van der Waals surface area contributed by atoms with Gasteiger partial charge in [-0.05, 0) is 62.7 Å². The highest BCUT2D eigenvalue weighted by atomic mass is 32.2. The smallest absolute Gasteiger partial charge is 0.267 e. The van der Waals surface area contributed by atoms with E-state index in [-0.39, 0.29) is 11.6 Å². The van der Waals surface area contributed by atoms with E-state index < -0.39 is 26.6 Å². The number of ether oxygens (including phenoxy) is 1. The Kier molecular flexibility index (Phi) is 5.81. The third-order valence-electron chi connectivity index (χ3n) is 5.01. The normalized spacial score (nSPS) is 11.4. The maximum absolute atomic E-state index is 13.9. The van der Waals surface area contributed by atoms with Crippen LogP contribution in [-0.4, -0.2) is 28.2 Å². The summed E-state index contributed by atoms with van der Waals surface area (Å²) in [4.78, 5) is 7.28. The average Bonchev–Trinajstić information content (AvgIpc) is 3.02. The molecule has 0 radical (unpaired) electrons. The van der Waals surface area contributed by atoms with E-state index in [2.05, 4.69) is 19.8 Å². The summed E-state index contributed by atoms with van der Waals surface area (Å²) in [5, 5.41) is 4.46. The Bertz CT molecular complexity index is 1420. The summed E-state index contributed by atoms with van der Waals surface area (Å²) in [5.41, 5.74) is 3.00. The van der Waals surface area contributed by atoms with Crippen molar-refractivity contribution in [2.45, 2.75) is 25.7 Å². The number of benzene rings is 2. The van der Waals surface area contributed by atoms with Crippen LogP contribution in [0.15, 0.2) is 59.8 Å². The van der Waals surface area contributed by atoms with E-state index in [1.54, 1.807) is 10.7 Å². The minimum atomic E-state index is -4.46. The molecule has 33 heavy (non-hydrogen) atoms. The molecule has 4 rings (SSSR count). The number of sulfonamides is 1. The zero-order chi connectivity index (χ0) is 23.8. The molecule has 0 aliphatic heterocycles. The van der Waals surface area contributed by atoms with E-state index in [1.165, 1.54) is 30.6 Å². The minimum absolute atomic E-state index is 0.103. The Labute approximate surface area is 188 Å². The van der Waals surface area contributed by atoms with Crippen LogP contribution in [0.3, 0.4) is 0 Å². The maximum atomic E-state index is 13.9. The number of rotatable bonds is 6. The lowest BCUT2D eigenvalue weighted by Crippen LogP contribution is -2.16. The van der Waals surface area contributed by atoms with Gasteiger partial charge in [-0.1, -0.05) is 6.07 Å². The van der Waals surface area contributed by atoms with Gasteiger partial charge in [-0.15, -0.1) is 0 Å². The Hall–Kier alpha value is -3.86. The summed E-state index contributed by atoms with van der Waals surface area (Å²) in [6.45, 7) is 5.82. The first-order valence-corrected chi connectivity index (χ1v) is 11.2. The first kappa shape index (κ1) is 22.3. The SMILES string of the molecule is Cc1nn(-c2cc(Oc3ccc(NS(=O)(=O)c4c(F)cccc4F)cc3)ncn2)c(C)c1C. The molecule has 0 aliphatic rings. The van der Waals surface area contributed by atoms with Crippen molar-refractivity contribution in [1.29, 1.82) is 0 Å². The molecule has 2 aromatic carbocycles. The summed E-state index contributed by atoms with van der Waals surface area (Å²) in [5.74, 6) is -1.21. The Morgan fingerprint density at radius 1 is 0.970 bits per heavy atom. The number of aryl methyl sites for hydroxylation is 1. The molecule has 1 N–H and O–H groups in total. The van der Waals surface area contributed by atoms with Crippen molar-refractivity contribution in [3.63, 3.8) is 0 Å². The summed E-state index contributed by atoms with van der Waals surface area (Å²) < 4.78 is 62.1. The van der Waals surface area contributed by atoms with Crippen LogP contribution < -0.4 is 9.46 Å². The minimum Gasteiger partial charge on any atom is -0.439 e. The summed E-state index contributed by atoms with van der Waals surface area (Å²) in [7, 11) is -4.46. The monoisotopic (exact) mass is 471 g/mol. The highest BCUT2D eigenvalue weighted by molar-refractivity contribution is 7.92. The fourth-order valence-electron chi connectivity index (χ4n) is 3.10. The standard InChI is InChI=1S/C22H19F2N5O3S/c1-13-14(2)27-29(15(13)3)20-11-21(26-12-25-20)32-17-9-7-16(8-10-17)28-33(30,31)22-18(23)5-4-6-19(22)24/h4-12,28H,1-3H3. The van der Waals surface area contributed by atoms with E-state index in [0.29, 0.717) is 11.6 Å². The van der Waals surface area contributed by atoms with Crippen LogP contribution in [0.25, 0.3) is 5.82 Å². The lowest BCUT2D eigenvalue weighted by atomic mass is 10.2. The molecule has 8 nitrogen and oxygen atoms in total. The fourth-order valence-corrected chi connectivity index (χ4v) is 4.30. The molecule has 0 atom stereocenters. The van der Waals surface area contributed by atoms with Crippen LogP contribution in [0.4, 0.5) is 14.5 Å². The molecule has 0 fully saturated rings. The van der Waals surface area contributed by atoms with E-state index in [0.717, 1.165) is 35.2 Å². The van der Waals surface area contributed by atoms with E-state index in [9.17, 15) is 17.2 Å². The third kappa shape index (κ3) is 4.53. The zero-order valence-corrected chi connectivity index (χ0v) is 18.7. The van der Waals surface area contributed by atoms with Gasteiger partial charge < -0.3 is 4.74 Å². The van der Waals surface area contributed by atoms with Crippen molar-refractivity contribution in [2.75, 3.05) is 4.72 Å². The molecule has 170 valence electrons. The van der Waals surface area contributed by atoms with Crippen LogP contribution in [0.2, 0.25) is 0 Å². The fraction of sp³-hybridized carbons (Fsp3) is 0.136. The second-order valence-corrected chi connectivity index (χ2v) is 8.82. The predicted octanol–water partition coefficient (Wildman–Crippen LogP) is 4.46. The van der Waals surface area contributed by atoms with Gasteiger partial charge >= 0.3 is 0 Å². The summed E-state index contributed by atoms with van der Waals surface area (Å²) in [6.07, 6.45) is 1.35. The lowest BCUT2D eigenvalue weighted by molar-refractivity contribution is 0.460. The quantitative estimate of drug-likeness (QED) is 0.446. The van der Waals surface area contributed by atoms with Crippen LogP contribution in [-0.2, 0) is 10.0 Å². The first-order chi connectivity index (χ1) is 15.7. The molecular formula is C22H19F2N5O3S. The van der Waals surface area contributed by atoms with Gasteiger partial charge in [0.1, 0.15) is 23.7 Å². The number of aromatic nitrogens is 4. The number of nitrogens with zero attached hydrogens (tertiary/aromatic N) is 4. The van der Waals surface area contributed by atoms with Crippen molar-refractivity contribution < 1.29 is 21.9 Å². The molecule has 11 heteroatoms. The number of hydrogen-bond acceptors (Lipinski definition) is 6. The largest absolute Gasteiger partial charge is 0.439 e. The van der Waals surface area contributed by atoms with E-state index >= 15 is 0 Å². The Morgan fingerprint density at radius 3 is 2.24 bits per heavy atom. The van der Waals surface area contributed by atoms with Crippen LogP contribution in [0, 0.1) is 32.4 Å². The topological polar surface area (TPSA) is 99.0 Å². The van der Waals surface area contributed by atoms with Crippen LogP contribution in [0.1, 0.15) is 17.0 Å². The van der Waals surface area contributed by atoms with Gasteiger partial charge in [0.25, 0.3) is 10.0 Å². The molecule has 0 unspecified atom stereocenters. The molecular weight excluding hydrogens is 452 g/mol. The Balaban J connectivity index is 1.52. The van der Waals surface area contributed by atoms with E-state index in [1.807, 2.05) is 20.8 Å². The number of hydrogen-bond donors (Lipinski definition) is 1. The van der Waals surface area contributed by atoms with Crippen molar-refractivity contribution in [3.8, 4) is 17.4 Å². The average molecular weight is 471 g/mol. The van der Waals surface area contributed by atoms with E-state index in [4.69, 9.17) is 4.74 Å². The van der Waals surface area contributed by atoms with Gasteiger partial charge in [0, 0.05) is 17.4 Å². The second kappa shape index (κ2) is 8.58. The molecule has 0 saturated heterocycles. The second-order valence-electron chi connectivity index (χ2n) is 7.20. The molecule has 0 bridgehead atoms. The maximum Gasteiger partial charge on any atom is 0.267 e. The van der Waals surface area contributed by atoms with Gasteiger partial charge in [-0.3, -0.25) is 4.72 Å². The van der Waals surface area contributed by atoms with Crippen molar-refractivity contribution in [2.24, 2.45) is 0 Å². The van der Waals surface area contributed by atoms with Crippen LogP contribution in [0.5, 0.6) is 11.6 Å². The first-order valence-electron chi connectivity index (χ1n) is 9.75. The van der Waals surface area contributed by atoms with Gasteiger partial charge in [-0.25, -0.2) is 31.8 Å². The Morgan fingerprint density at radius 2 is 1.64 bits per heavy atom. The summed E-state index contributed by atoms with van der Waals surface area (Å²) in [6, 6.07) is 10.2. The molecule has 4 aromatic rings. The van der Waals surface area contributed by atoms with Gasteiger partial charge in [0.15, 0.2) is 10.7 Å². The molecule has 2 heterocycles. The lowest BCUT2D eigenvalue weighted by Gasteiger charge is -2.11. The van der Waals surface area contributed by atoms with Gasteiger partial charge in [-0.2, -0.15) is 5.10 Å². The summed E-state index contributed by atoms with van der Waals surface area (Å²) >= 11 is 0. The molecule has 0 saturated carbocycles. The molecule has 0 amide bonds. The zero-order valence-electron chi connectivity index (χ0n) is 17.9. The van der Waals surface area contributed by atoms with Crippen molar-refractivity contribution in [3.05, 3.63) is 83.4 Å². The van der Waals surface area contributed by atoms with Crippen LogP contribution >= 0.6 is 0 Å². The molecule has 2 aromatic heterocycles. The number of anilines is 1. The van der Waals surface area contributed by atoms with Gasteiger partial charge in [0.2, 0.25) is 5.88 Å². The molecule has 0 spiro atoms. The highest BCUT2D eigenvalue weighted by Crippen LogP contribution is 2.26. The predicted molar refractivity (Wildman–Crippen MR) is 117 cm³/mol. The van der Waals surface area contributed by atoms with Crippen molar-refractivity contribution >= 4 is 15.7 Å². The number of halogens is 2. The molecule has 0 aliphatic carbocycles. The van der Waals surface area contributed by atoms with Crippen molar-refractivity contribution in [1.82, 2.24) is 19.7 Å². The highest BCUT2D eigenvalue weighted by Gasteiger charge is 2.23. The third-order valence-corrected chi connectivity index (χ3v) is 6.45. The van der Waals surface area contributed by atoms with Gasteiger partial charge in [0.05, 0.1) is 5.69 Å². The number of nitrogens with one attached hydrogen (secondary N) is 1.